The molecule has 23 nitrogen and oxygen atoms in total. The van der Waals surface area contributed by atoms with Crippen LogP contribution in [0.2, 0.25) is 0 Å². The molecule has 5 amide bonds. The van der Waals surface area contributed by atoms with Gasteiger partial charge in [-0.1, -0.05) is 60.7 Å². The van der Waals surface area contributed by atoms with Gasteiger partial charge in [-0.25, -0.2) is 14.4 Å². The van der Waals surface area contributed by atoms with Crippen molar-refractivity contribution in [2.75, 3.05) is 18.8 Å². The number of thiol groups is 1. The van der Waals surface area contributed by atoms with Crippen LogP contribution in [0, 0.1) is 5.92 Å². The molecule has 378 valence electrons. The number of carboxylic acid groups (broad SMARTS) is 4. The number of nitrogens with two attached hydrogens (primary N) is 1. The maximum Gasteiger partial charge on any atom is 0.327 e. The number of nitrogens with one attached hydrogen (secondary N) is 6. The highest BCUT2D eigenvalue weighted by Gasteiger charge is 2.30. The lowest BCUT2D eigenvalue weighted by Crippen LogP contribution is -2.56. The van der Waals surface area contributed by atoms with Gasteiger partial charge in [-0.3, -0.25) is 38.4 Å². The number of unbranched alkanes of at least 4 members (excludes halogenated alkanes) is 1. The first-order valence-corrected chi connectivity index (χ1v) is 22.6. The summed E-state index contributed by atoms with van der Waals surface area (Å²) in [5, 5.41) is 51.6. The molecule has 0 saturated heterocycles. The van der Waals surface area contributed by atoms with Crippen LogP contribution in [0.3, 0.4) is 0 Å². The molecule has 0 aromatic heterocycles. The third kappa shape index (κ3) is 24.6. The van der Waals surface area contributed by atoms with E-state index in [9.17, 15) is 68.1 Å². The second kappa shape index (κ2) is 31.9. The summed E-state index contributed by atoms with van der Waals surface area (Å²) in [5.41, 5.74) is 7.77. The van der Waals surface area contributed by atoms with Crippen molar-refractivity contribution in [3.8, 4) is 0 Å². The molecule has 12 N–H and O–H groups in total. The fourth-order valence-corrected chi connectivity index (χ4v) is 6.99. The first-order chi connectivity index (χ1) is 32.8. The zero-order valence-electron chi connectivity index (χ0n) is 37.7. The Morgan fingerprint density at radius 3 is 1.77 bits per heavy atom. The summed E-state index contributed by atoms with van der Waals surface area (Å²) in [6, 6.07) is 10.3. The number of hydrogen-bond acceptors (Lipinski definition) is 15. The topological polar surface area (TPSA) is 376 Å². The second-order valence-corrected chi connectivity index (χ2v) is 16.4. The van der Waals surface area contributed by atoms with Crippen LogP contribution in [0.4, 0.5) is 4.79 Å². The number of urea groups is 1. The average Bonchev–Trinajstić information content (AvgIpc) is 3.29. The van der Waals surface area contributed by atoms with Crippen LogP contribution in [0.1, 0.15) is 75.3 Å². The number of ether oxygens (including phenoxy) is 1. The maximum absolute atomic E-state index is 14.1. The molecule has 0 radical (unpaired) electrons. The van der Waals surface area contributed by atoms with Gasteiger partial charge >= 0.3 is 29.9 Å². The summed E-state index contributed by atoms with van der Waals surface area (Å²) in [4.78, 5) is 134. The van der Waals surface area contributed by atoms with E-state index >= 15 is 0 Å². The summed E-state index contributed by atoms with van der Waals surface area (Å²) in [7, 11) is 0. The van der Waals surface area contributed by atoms with Crippen molar-refractivity contribution in [1.82, 2.24) is 31.9 Å². The molecular formula is C45H61N7O16S. The number of aliphatic carboxylic acids is 4. The van der Waals surface area contributed by atoms with E-state index in [2.05, 4.69) is 49.3 Å². The molecule has 2 aromatic carbocycles. The van der Waals surface area contributed by atoms with Gasteiger partial charge in [0.25, 0.3) is 6.47 Å². The number of carbonyl (C=O) groups is 11. The Morgan fingerprint density at radius 1 is 0.609 bits per heavy atom. The Kier molecular flexibility index (Phi) is 26.9. The Hall–Kier alpha value is -6.92. The van der Waals surface area contributed by atoms with Gasteiger partial charge in [0.15, 0.2) is 12.0 Å². The number of Topliss-reactive ketones (excluding diaryl/α,β-unsaturated/α-hetero) is 2. The monoisotopic (exact) mass is 987 g/mol. The van der Waals surface area contributed by atoms with Gasteiger partial charge in [0.2, 0.25) is 17.7 Å². The lowest BCUT2D eigenvalue weighted by molar-refractivity contribution is -0.143. The first kappa shape index (κ1) is 58.2. The molecular weight excluding hydrogens is 927 g/mol. The highest BCUT2D eigenvalue weighted by molar-refractivity contribution is 7.80. The number of amides is 5. The van der Waals surface area contributed by atoms with Crippen molar-refractivity contribution in [2.24, 2.45) is 11.7 Å². The van der Waals surface area contributed by atoms with E-state index in [0.29, 0.717) is 6.42 Å². The lowest BCUT2D eigenvalue weighted by Gasteiger charge is -2.24. The highest BCUT2D eigenvalue weighted by atomic mass is 32.1. The van der Waals surface area contributed by atoms with Crippen molar-refractivity contribution >= 4 is 78.3 Å². The number of ketones is 2. The summed E-state index contributed by atoms with van der Waals surface area (Å²) in [5.74, 6) is -9.25. The molecule has 0 fully saturated rings. The molecule has 0 aliphatic rings. The number of hydrogen-bond donors (Lipinski definition) is 12. The number of carbonyl (C=O) groups excluding carboxylic acids is 7. The Bertz CT molecular complexity index is 2050. The third-order valence-electron chi connectivity index (χ3n) is 10.4. The van der Waals surface area contributed by atoms with Crippen molar-refractivity contribution < 1.29 is 77.9 Å². The zero-order valence-corrected chi connectivity index (χ0v) is 38.6. The predicted molar refractivity (Wildman–Crippen MR) is 247 cm³/mol. The fourth-order valence-electron chi connectivity index (χ4n) is 6.75. The van der Waals surface area contributed by atoms with E-state index < -0.39 is 103 Å². The highest BCUT2D eigenvalue weighted by Crippen LogP contribution is 2.16. The van der Waals surface area contributed by atoms with Gasteiger partial charge in [0.1, 0.15) is 23.9 Å². The van der Waals surface area contributed by atoms with Gasteiger partial charge < -0.3 is 62.8 Å². The zero-order chi connectivity index (χ0) is 51.3. The Balaban J connectivity index is 2.03. The van der Waals surface area contributed by atoms with E-state index in [-0.39, 0.29) is 94.7 Å². The normalized spacial score (nSPS) is 13.9. The van der Waals surface area contributed by atoms with Gasteiger partial charge in [0, 0.05) is 44.4 Å². The minimum Gasteiger partial charge on any atom is -0.481 e. The van der Waals surface area contributed by atoms with Crippen LogP contribution in [0.5, 0.6) is 0 Å². The van der Waals surface area contributed by atoms with Gasteiger partial charge in [0.05, 0.1) is 24.9 Å². The van der Waals surface area contributed by atoms with Gasteiger partial charge in [-0.15, -0.1) is 0 Å². The second-order valence-electron chi connectivity index (χ2n) is 16.0. The van der Waals surface area contributed by atoms with Crippen molar-refractivity contribution in [3.05, 3.63) is 71.8 Å². The number of rotatable bonds is 36. The largest absolute Gasteiger partial charge is 0.481 e. The summed E-state index contributed by atoms with van der Waals surface area (Å²) < 4.78 is 4.62. The summed E-state index contributed by atoms with van der Waals surface area (Å²) in [6.07, 6.45) is -2.46. The summed E-state index contributed by atoms with van der Waals surface area (Å²) >= 11 is 3.87. The third-order valence-corrected chi connectivity index (χ3v) is 10.7. The van der Waals surface area contributed by atoms with Crippen LogP contribution < -0.4 is 37.6 Å². The van der Waals surface area contributed by atoms with Crippen LogP contribution >= 0.6 is 12.6 Å². The minimum absolute atomic E-state index is 0.00229. The van der Waals surface area contributed by atoms with Crippen LogP contribution in [0.15, 0.2) is 60.7 Å². The molecule has 24 heteroatoms. The lowest BCUT2D eigenvalue weighted by atomic mass is 9.90. The van der Waals surface area contributed by atoms with Crippen LogP contribution in [-0.4, -0.2) is 141 Å². The van der Waals surface area contributed by atoms with E-state index in [1.807, 2.05) is 30.3 Å². The van der Waals surface area contributed by atoms with Crippen molar-refractivity contribution in [2.45, 2.75) is 113 Å². The minimum atomic E-state index is -1.64. The molecule has 2 rings (SSSR count). The Labute approximate surface area is 402 Å². The standard InChI is InChI=1S/C45H61N7O16S/c46-31(41(61)49-34(22-40(59)60)42(62)50-35(25-69)44(65)66)24-47-23-29(19-27-9-3-1-4-10-27)21-36(55)33(20-28-11-5-2-6-12-28)48-37(56)14-8-7-13-30(54)15-16-32(43(63)64)51-45(67)52-38(68-26-53)17-18-39(57)58/h1-6,9-12,26,29,31-35,38,47,69H,7-8,13-25,46H2,(H,48,56)(H,49,61)(H,50,62)(H,57,58)(H,59,60)(H,63,64)(H,65,66)(H2,51,52,67)/t29-,31+,32+,33+,34+,35+,38-/m1/s1. The molecule has 7 atom stereocenters. The van der Waals surface area contributed by atoms with Crippen molar-refractivity contribution in [1.29, 1.82) is 0 Å². The van der Waals surface area contributed by atoms with Crippen molar-refractivity contribution in [3.63, 3.8) is 0 Å². The quantitative estimate of drug-likeness (QED) is 0.0184. The van der Waals surface area contributed by atoms with Crippen LogP contribution in [-0.2, 0) is 65.5 Å². The van der Waals surface area contributed by atoms with Gasteiger partial charge in [-0.05, 0) is 55.7 Å². The SMILES string of the molecule is N[C@@H](CNC[C@@H](CC(=O)[C@H](Cc1ccccc1)NC(=O)CCCCC(=O)CC[C@H](NC(=O)N[C@@H](CCC(=O)O)OC=O)C(=O)O)Cc1ccccc1)C(=O)N[C@@H](CC(=O)O)C(=O)N[C@@H](CS)C(=O)O. The smallest absolute Gasteiger partial charge is 0.327 e. The summed E-state index contributed by atoms with van der Waals surface area (Å²) in [6.45, 7) is -0.0122. The van der Waals surface area contributed by atoms with E-state index in [1.165, 1.54) is 0 Å². The molecule has 0 aliphatic carbocycles. The maximum atomic E-state index is 14.1. The molecule has 0 spiro atoms. The molecule has 2 aromatic rings. The molecule has 0 unspecified atom stereocenters. The molecule has 0 heterocycles. The number of benzene rings is 2. The van der Waals surface area contributed by atoms with E-state index in [1.54, 1.807) is 30.3 Å². The van der Waals surface area contributed by atoms with Crippen LogP contribution in [0.25, 0.3) is 0 Å². The van der Waals surface area contributed by atoms with E-state index in [0.717, 1.165) is 11.1 Å². The molecule has 0 bridgehead atoms. The molecule has 0 saturated carbocycles. The predicted octanol–water partition coefficient (Wildman–Crippen LogP) is -0.0664. The fraction of sp³-hybridized carbons (Fsp3) is 0.489. The molecule has 69 heavy (non-hydrogen) atoms. The number of carboxylic acids is 4. The first-order valence-electron chi connectivity index (χ1n) is 22.0. The average molecular weight is 988 g/mol. The molecule has 0 aliphatic heterocycles. The van der Waals surface area contributed by atoms with E-state index in [4.69, 9.17) is 10.8 Å². The van der Waals surface area contributed by atoms with Gasteiger partial charge in [-0.2, -0.15) is 12.6 Å². The Morgan fingerprint density at radius 2 is 1.20 bits per heavy atom.